The van der Waals surface area contributed by atoms with Crippen LogP contribution in [-0.4, -0.2) is 0 Å². The van der Waals surface area contributed by atoms with Crippen molar-refractivity contribution in [3.05, 3.63) is 0 Å². The van der Waals surface area contributed by atoms with Crippen LogP contribution in [0.4, 0.5) is 0 Å². The van der Waals surface area contributed by atoms with E-state index in [9.17, 15) is 0 Å². The Bertz CT molecular complexity index is 303. The van der Waals surface area contributed by atoms with Gasteiger partial charge >= 0.3 is 0 Å². The topological polar surface area (TPSA) is 0 Å². The standard InChI is InChI=1S/C20H34/c1-3-4-5-6-18-11-13-20(14-12-18)16-15-19-9-7-17(2)8-10-19/h17-20H,3-14H2,1-2H3/t17-,18-,19-,20-. The lowest BCUT2D eigenvalue weighted by Crippen LogP contribution is -2.14. The van der Waals surface area contributed by atoms with Gasteiger partial charge in [-0.25, -0.2) is 0 Å². The Hall–Kier alpha value is -0.440. The van der Waals surface area contributed by atoms with Crippen molar-refractivity contribution in [1.82, 2.24) is 0 Å². The average Bonchev–Trinajstić information content (AvgIpc) is 2.48. The molecule has 0 aromatic rings. The molecule has 0 unspecified atom stereocenters. The fourth-order valence-corrected chi connectivity index (χ4v) is 3.92. The first-order chi connectivity index (χ1) is 9.78. The number of unbranched alkanes of at least 4 members (excludes halogenated alkanes) is 2. The number of rotatable bonds is 4. The largest absolute Gasteiger partial charge is 0.0996 e. The van der Waals surface area contributed by atoms with Crippen molar-refractivity contribution in [2.24, 2.45) is 23.7 Å². The summed E-state index contributed by atoms with van der Waals surface area (Å²) < 4.78 is 0. The van der Waals surface area contributed by atoms with Crippen LogP contribution in [-0.2, 0) is 0 Å². The molecule has 2 aliphatic rings. The molecular weight excluding hydrogens is 240 g/mol. The summed E-state index contributed by atoms with van der Waals surface area (Å²) in [6, 6.07) is 0. The van der Waals surface area contributed by atoms with Gasteiger partial charge in [0.1, 0.15) is 0 Å². The van der Waals surface area contributed by atoms with Gasteiger partial charge in [0, 0.05) is 11.8 Å². The lowest BCUT2D eigenvalue weighted by atomic mass is 9.79. The summed E-state index contributed by atoms with van der Waals surface area (Å²) in [5.41, 5.74) is 0. The van der Waals surface area contributed by atoms with Crippen LogP contribution in [0.1, 0.15) is 90.9 Å². The lowest BCUT2D eigenvalue weighted by Gasteiger charge is -2.26. The fourth-order valence-electron chi connectivity index (χ4n) is 3.92. The second-order valence-corrected chi connectivity index (χ2v) is 7.46. The summed E-state index contributed by atoms with van der Waals surface area (Å²) in [6.45, 7) is 4.70. The molecule has 0 aliphatic heterocycles. The van der Waals surface area contributed by atoms with Crippen molar-refractivity contribution < 1.29 is 0 Å². The molecule has 0 atom stereocenters. The minimum Gasteiger partial charge on any atom is -0.0996 e. The highest BCUT2D eigenvalue weighted by Gasteiger charge is 2.20. The highest BCUT2D eigenvalue weighted by Crippen LogP contribution is 2.32. The highest BCUT2D eigenvalue weighted by molar-refractivity contribution is 5.08. The molecule has 2 saturated carbocycles. The van der Waals surface area contributed by atoms with Crippen LogP contribution in [0.15, 0.2) is 0 Å². The van der Waals surface area contributed by atoms with Crippen molar-refractivity contribution in [3.63, 3.8) is 0 Å². The molecule has 0 heteroatoms. The number of hydrogen-bond donors (Lipinski definition) is 0. The minimum absolute atomic E-state index is 0.730. The van der Waals surface area contributed by atoms with Crippen molar-refractivity contribution in [1.29, 1.82) is 0 Å². The fraction of sp³-hybridized carbons (Fsp3) is 0.900. The summed E-state index contributed by atoms with van der Waals surface area (Å²) in [5, 5.41) is 0. The molecule has 0 spiro atoms. The molecule has 0 aromatic heterocycles. The molecular formula is C20H34. The Balaban J connectivity index is 1.64. The maximum absolute atomic E-state index is 3.64. The third-order valence-corrected chi connectivity index (χ3v) is 5.57. The Morgan fingerprint density at radius 3 is 1.85 bits per heavy atom. The van der Waals surface area contributed by atoms with Gasteiger partial charge in [0.15, 0.2) is 0 Å². The second kappa shape index (κ2) is 8.76. The zero-order valence-electron chi connectivity index (χ0n) is 13.8. The molecule has 2 fully saturated rings. The molecule has 0 nitrogen and oxygen atoms in total. The lowest BCUT2D eigenvalue weighted by molar-refractivity contribution is 0.293. The van der Waals surface area contributed by atoms with Gasteiger partial charge in [-0.2, -0.15) is 0 Å². The first kappa shape index (κ1) is 15.9. The van der Waals surface area contributed by atoms with E-state index in [-0.39, 0.29) is 0 Å². The van der Waals surface area contributed by atoms with E-state index in [1.165, 1.54) is 77.0 Å². The maximum Gasteiger partial charge on any atom is 0.0203 e. The van der Waals surface area contributed by atoms with Crippen LogP contribution >= 0.6 is 0 Å². The Kier molecular flexibility index (Phi) is 6.98. The Morgan fingerprint density at radius 2 is 1.30 bits per heavy atom. The van der Waals surface area contributed by atoms with Gasteiger partial charge in [0.25, 0.3) is 0 Å². The third kappa shape index (κ3) is 5.51. The van der Waals surface area contributed by atoms with Crippen molar-refractivity contribution >= 4 is 0 Å². The van der Waals surface area contributed by atoms with Gasteiger partial charge in [-0.3, -0.25) is 0 Å². The predicted octanol–water partition coefficient (Wildman–Crippen LogP) is 6.20. The van der Waals surface area contributed by atoms with E-state index in [1.807, 2.05) is 0 Å². The Labute approximate surface area is 127 Å². The van der Waals surface area contributed by atoms with E-state index in [2.05, 4.69) is 25.7 Å². The van der Waals surface area contributed by atoms with Crippen LogP contribution in [0.25, 0.3) is 0 Å². The summed E-state index contributed by atoms with van der Waals surface area (Å²) >= 11 is 0. The summed E-state index contributed by atoms with van der Waals surface area (Å²) in [6.07, 6.45) is 16.9. The molecule has 0 bridgehead atoms. The zero-order chi connectivity index (χ0) is 14.2. The van der Waals surface area contributed by atoms with Crippen LogP contribution in [0.5, 0.6) is 0 Å². The Morgan fingerprint density at radius 1 is 0.750 bits per heavy atom. The predicted molar refractivity (Wildman–Crippen MR) is 88.5 cm³/mol. The van der Waals surface area contributed by atoms with E-state index in [0.29, 0.717) is 0 Å². The molecule has 0 radical (unpaired) electrons. The molecule has 2 aliphatic carbocycles. The van der Waals surface area contributed by atoms with E-state index in [0.717, 1.165) is 23.7 Å². The summed E-state index contributed by atoms with van der Waals surface area (Å²) in [4.78, 5) is 0. The van der Waals surface area contributed by atoms with Crippen molar-refractivity contribution in [2.45, 2.75) is 90.9 Å². The monoisotopic (exact) mass is 274 g/mol. The van der Waals surface area contributed by atoms with Gasteiger partial charge in [0.2, 0.25) is 0 Å². The average molecular weight is 274 g/mol. The van der Waals surface area contributed by atoms with E-state index in [4.69, 9.17) is 0 Å². The SMILES string of the molecule is CCCCC[C@H]1CC[C@H](C#C[C@H]2CC[C@H](C)CC2)CC1. The normalized spacial score (nSPS) is 34.3. The molecule has 20 heavy (non-hydrogen) atoms. The molecule has 0 saturated heterocycles. The maximum atomic E-state index is 3.64. The van der Waals surface area contributed by atoms with Gasteiger partial charge in [0.05, 0.1) is 0 Å². The van der Waals surface area contributed by atoms with Gasteiger partial charge in [-0.05, 0) is 63.2 Å². The quantitative estimate of drug-likeness (QED) is 0.423. The molecule has 2 rings (SSSR count). The zero-order valence-corrected chi connectivity index (χ0v) is 13.8. The first-order valence-electron chi connectivity index (χ1n) is 9.29. The first-order valence-corrected chi connectivity index (χ1v) is 9.29. The van der Waals surface area contributed by atoms with Gasteiger partial charge in [-0.15, -0.1) is 0 Å². The van der Waals surface area contributed by atoms with Gasteiger partial charge < -0.3 is 0 Å². The molecule has 0 heterocycles. The van der Waals surface area contributed by atoms with Crippen LogP contribution in [0.2, 0.25) is 0 Å². The minimum atomic E-state index is 0.730. The van der Waals surface area contributed by atoms with Gasteiger partial charge in [-0.1, -0.05) is 51.4 Å². The van der Waals surface area contributed by atoms with Crippen LogP contribution < -0.4 is 0 Å². The molecule has 0 N–H and O–H groups in total. The van der Waals surface area contributed by atoms with Crippen molar-refractivity contribution in [3.8, 4) is 11.8 Å². The van der Waals surface area contributed by atoms with Crippen molar-refractivity contribution in [2.75, 3.05) is 0 Å². The van der Waals surface area contributed by atoms with E-state index < -0.39 is 0 Å². The third-order valence-electron chi connectivity index (χ3n) is 5.57. The van der Waals surface area contributed by atoms with Crippen LogP contribution in [0, 0.1) is 35.5 Å². The number of hydrogen-bond acceptors (Lipinski definition) is 0. The molecule has 0 amide bonds. The smallest absolute Gasteiger partial charge is 0.0203 e. The molecule has 0 aromatic carbocycles. The second-order valence-electron chi connectivity index (χ2n) is 7.46. The highest BCUT2D eigenvalue weighted by atomic mass is 14.2. The summed E-state index contributed by atoms with van der Waals surface area (Å²) in [7, 11) is 0. The van der Waals surface area contributed by atoms with E-state index in [1.54, 1.807) is 0 Å². The van der Waals surface area contributed by atoms with E-state index >= 15 is 0 Å². The van der Waals surface area contributed by atoms with Crippen LogP contribution in [0.3, 0.4) is 0 Å². The molecule has 114 valence electrons. The summed E-state index contributed by atoms with van der Waals surface area (Å²) in [5.74, 6) is 10.7.